The smallest absolute Gasteiger partial charge is 0.192 e. The van der Waals surface area contributed by atoms with E-state index in [0.717, 1.165) is 15.6 Å². The van der Waals surface area contributed by atoms with Crippen molar-refractivity contribution in [3.63, 3.8) is 0 Å². The lowest BCUT2D eigenvalue weighted by Crippen LogP contribution is -2.20. The number of aliphatic hydroxyl groups is 1. The van der Waals surface area contributed by atoms with Crippen LogP contribution in [0.15, 0.2) is 53.0 Å². The molecule has 0 aliphatic heterocycles. The van der Waals surface area contributed by atoms with Gasteiger partial charge in [0, 0.05) is 16.0 Å². The summed E-state index contributed by atoms with van der Waals surface area (Å²) in [5.74, 6) is -0.447. The molecule has 0 spiro atoms. The number of carbonyl (C=O) groups excluding carboxylic acids is 1. The van der Waals surface area contributed by atoms with Crippen LogP contribution in [0.3, 0.4) is 0 Å². The Hall–Kier alpha value is -1.45. The molecule has 2 aromatic rings. The third kappa shape index (κ3) is 1.71. The molecule has 2 atom stereocenters. The van der Waals surface area contributed by atoms with Crippen molar-refractivity contribution < 1.29 is 9.90 Å². The van der Waals surface area contributed by atoms with Gasteiger partial charge in [-0.1, -0.05) is 46.3 Å². The summed E-state index contributed by atoms with van der Waals surface area (Å²) in [7, 11) is 0. The van der Waals surface area contributed by atoms with Gasteiger partial charge in [-0.05, 0) is 29.3 Å². The molecule has 1 aliphatic carbocycles. The fourth-order valence-corrected chi connectivity index (χ4v) is 2.90. The van der Waals surface area contributed by atoms with Gasteiger partial charge in [-0.15, -0.1) is 0 Å². The van der Waals surface area contributed by atoms with E-state index >= 15 is 0 Å². The van der Waals surface area contributed by atoms with Crippen LogP contribution in [-0.2, 0) is 0 Å². The first-order chi connectivity index (χ1) is 8.68. The Morgan fingerprint density at radius 2 is 1.78 bits per heavy atom. The predicted octanol–water partition coefficient (Wildman–Crippen LogP) is 3.14. The van der Waals surface area contributed by atoms with Gasteiger partial charge in [0.25, 0.3) is 0 Å². The molecule has 0 amide bonds. The number of halogens is 1. The van der Waals surface area contributed by atoms with Gasteiger partial charge in [-0.3, -0.25) is 4.79 Å². The van der Waals surface area contributed by atoms with Gasteiger partial charge in [0.15, 0.2) is 5.78 Å². The average molecular weight is 303 g/mol. The molecule has 2 nitrogen and oxygen atoms in total. The molecule has 2 aromatic carbocycles. The zero-order valence-corrected chi connectivity index (χ0v) is 11.1. The fourth-order valence-electron chi connectivity index (χ4n) is 2.52. The summed E-state index contributed by atoms with van der Waals surface area (Å²) < 4.78 is 0.920. The Balaban J connectivity index is 2.18. The summed E-state index contributed by atoms with van der Waals surface area (Å²) in [6.07, 6.45) is -0.975. The molecule has 3 rings (SSSR count). The van der Waals surface area contributed by atoms with Crippen molar-refractivity contribution in [1.82, 2.24) is 0 Å². The zero-order chi connectivity index (χ0) is 12.7. The molecule has 1 N–H and O–H groups in total. The lowest BCUT2D eigenvalue weighted by atomic mass is 9.91. The highest BCUT2D eigenvalue weighted by Crippen LogP contribution is 2.39. The van der Waals surface area contributed by atoms with E-state index in [4.69, 9.17) is 0 Å². The van der Waals surface area contributed by atoms with Crippen LogP contribution in [0.25, 0.3) is 0 Å². The first kappa shape index (κ1) is 11.6. The van der Waals surface area contributed by atoms with E-state index < -0.39 is 6.10 Å². The number of hydrogen-bond donors (Lipinski definition) is 1. The van der Waals surface area contributed by atoms with Crippen molar-refractivity contribution in [2.75, 3.05) is 0 Å². The largest absolute Gasteiger partial charge is 0.384 e. The summed E-state index contributed by atoms with van der Waals surface area (Å²) in [5, 5.41) is 10.2. The molecule has 0 aromatic heterocycles. The predicted molar refractivity (Wildman–Crippen MR) is 72.8 cm³/mol. The van der Waals surface area contributed by atoms with Crippen LogP contribution in [0.2, 0.25) is 0 Å². The van der Waals surface area contributed by atoms with Crippen LogP contribution in [0.1, 0.15) is 27.4 Å². The number of fused-ring (bicyclic) bond motifs is 1. The molecule has 1 aliphatic rings. The summed E-state index contributed by atoms with van der Waals surface area (Å²) in [6, 6.07) is 15.2. The van der Waals surface area contributed by atoms with E-state index in [1.807, 2.05) is 42.5 Å². The van der Waals surface area contributed by atoms with Crippen LogP contribution in [0.4, 0.5) is 0 Å². The van der Waals surface area contributed by atoms with Crippen molar-refractivity contribution in [2.45, 2.75) is 12.0 Å². The molecule has 0 fully saturated rings. The quantitative estimate of drug-likeness (QED) is 0.879. The number of rotatable bonds is 1. The molecule has 0 saturated carbocycles. The number of aliphatic hydroxyl groups excluding tert-OH is 1. The number of ketones is 1. The van der Waals surface area contributed by atoms with Crippen LogP contribution in [-0.4, -0.2) is 17.0 Å². The first-order valence-corrected chi connectivity index (χ1v) is 6.54. The van der Waals surface area contributed by atoms with Crippen molar-refractivity contribution >= 4 is 21.7 Å². The van der Waals surface area contributed by atoms with E-state index in [0.29, 0.717) is 5.56 Å². The van der Waals surface area contributed by atoms with Gasteiger partial charge in [-0.2, -0.15) is 0 Å². The number of benzene rings is 2. The Morgan fingerprint density at radius 3 is 2.50 bits per heavy atom. The topological polar surface area (TPSA) is 37.3 Å². The number of Topliss-reactive ketones (excluding diaryl/α,β-unsaturated/α-hetero) is 1. The van der Waals surface area contributed by atoms with Crippen molar-refractivity contribution in [3.8, 4) is 0 Å². The standard InChI is InChI=1S/C15H11BrO2/c16-10-6-7-11-12(8-10)13(15(18)14(11)17)9-4-2-1-3-5-9/h1-8,13,15,18H/t13-,15-/m1/s1. The highest BCUT2D eigenvalue weighted by Gasteiger charge is 2.39. The van der Waals surface area contributed by atoms with E-state index in [1.165, 1.54) is 0 Å². The van der Waals surface area contributed by atoms with E-state index in [1.54, 1.807) is 6.07 Å². The maximum absolute atomic E-state index is 12.0. The molecule has 18 heavy (non-hydrogen) atoms. The molecule has 0 unspecified atom stereocenters. The first-order valence-electron chi connectivity index (χ1n) is 5.75. The minimum absolute atomic E-state index is 0.189. The van der Waals surface area contributed by atoms with Crippen LogP contribution in [0.5, 0.6) is 0 Å². The number of hydrogen-bond acceptors (Lipinski definition) is 2. The highest BCUT2D eigenvalue weighted by molar-refractivity contribution is 9.10. The number of carbonyl (C=O) groups is 1. The lowest BCUT2D eigenvalue weighted by Gasteiger charge is -2.15. The molecular weight excluding hydrogens is 292 g/mol. The van der Waals surface area contributed by atoms with Gasteiger partial charge >= 0.3 is 0 Å². The second kappa shape index (κ2) is 4.34. The third-order valence-electron chi connectivity index (χ3n) is 3.36. The molecule has 0 saturated heterocycles. The summed E-state index contributed by atoms with van der Waals surface area (Å²) >= 11 is 3.41. The Labute approximate surface area is 113 Å². The Kier molecular flexibility index (Phi) is 2.80. The second-order valence-corrected chi connectivity index (χ2v) is 5.34. The molecule has 0 heterocycles. The molecule has 0 bridgehead atoms. The zero-order valence-electron chi connectivity index (χ0n) is 9.51. The minimum Gasteiger partial charge on any atom is -0.384 e. The minimum atomic E-state index is -0.975. The Morgan fingerprint density at radius 1 is 1.06 bits per heavy atom. The normalized spacial score (nSPS) is 22.0. The fraction of sp³-hybridized carbons (Fsp3) is 0.133. The maximum Gasteiger partial charge on any atom is 0.192 e. The molecular formula is C15H11BrO2. The van der Waals surface area contributed by atoms with Crippen molar-refractivity contribution in [2.24, 2.45) is 0 Å². The van der Waals surface area contributed by atoms with Gasteiger partial charge in [-0.25, -0.2) is 0 Å². The van der Waals surface area contributed by atoms with E-state index in [-0.39, 0.29) is 11.7 Å². The van der Waals surface area contributed by atoms with Crippen molar-refractivity contribution in [1.29, 1.82) is 0 Å². The van der Waals surface area contributed by atoms with Crippen molar-refractivity contribution in [3.05, 3.63) is 69.7 Å². The van der Waals surface area contributed by atoms with E-state index in [9.17, 15) is 9.90 Å². The molecule has 90 valence electrons. The maximum atomic E-state index is 12.0. The second-order valence-electron chi connectivity index (χ2n) is 4.43. The third-order valence-corrected chi connectivity index (χ3v) is 3.85. The van der Waals surface area contributed by atoms with Crippen LogP contribution >= 0.6 is 15.9 Å². The van der Waals surface area contributed by atoms with Gasteiger partial charge in [0.05, 0.1) is 0 Å². The van der Waals surface area contributed by atoms with Gasteiger partial charge in [0.1, 0.15) is 6.10 Å². The summed E-state index contributed by atoms with van der Waals surface area (Å²) in [6.45, 7) is 0. The van der Waals surface area contributed by atoms with Gasteiger partial charge in [0.2, 0.25) is 0 Å². The van der Waals surface area contributed by atoms with Crippen LogP contribution < -0.4 is 0 Å². The van der Waals surface area contributed by atoms with Gasteiger partial charge < -0.3 is 5.11 Å². The lowest BCUT2D eigenvalue weighted by molar-refractivity contribution is 0.0754. The summed E-state index contributed by atoms with van der Waals surface area (Å²) in [5.41, 5.74) is 2.49. The summed E-state index contributed by atoms with van der Waals surface area (Å²) in [4.78, 5) is 12.0. The SMILES string of the molecule is O=C1c2ccc(Br)cc2[C@@H](c2ccccc2)[C@H]1O. The van der Waals surface area contributed by atoms with E-state index in [2.05, 4.69) is 15.9 Å². The molecule has 0 radical (unpaired) electrons. The Bertz CT molecular complexity index is 607. The highest BCUT2D eigenvalue weighted by atomic mass is 79.9. The average Bonchev–Trinajstić information content (AvgIpc) is 2.63. The molecule has 3 heteroatoms. The van der Waals surface area contributed by atoms with Crippen LogP contribution in [0, 0.1) is 0 Å². The monoisotopic (exact) mass is 302 g/mol.